The zero-order chi connectivity index (χ0) is 25.1. The van der Waals surface area contributed by atoms with Crippen LogP contribution in [-0.4, -0.2) is 16.9 Å². The number of hydrogen-bond acceptors (Lipinski definition) is 4. The Kier molecular flexibility index (Phi) is 6.60. The van der Waals surface area contributed by atoms with Crippen molar-refractivity contribution in [2.45, 2.75) is 19.8 Å². The van der Waals surface area contributed by atoms with Crippen molar-refractivity contribution in [2.75, 3.05) is 4.90 Å². The van der Waals surface area contributed by atoms with Crippen molar-refractivity contribution in [3.63, 3.8) is 0 Å². The fourth-order valence-electron chi connectivity index (χ4n) is 4.35. The molecular formula is C30H24N2O3S. The second-order valence-corrected chi connectivity index (χ2v) is 8.86. The topological polar surface area (TPSA) is 58.6 Å². The van der Waals surface area contributed by atoms with Crippen molar-refractivity contribution in [2.24, 2.45) is 0 Å². The molecule has 0 spiro atoms. The number of rotatable bonds is 6. The Morgan fingerprint density at radius 2 is 1.56 bits per heavy atom. The van der Waals surface area contributed by atoms with E-state index in [0.717, 1.165) is 34.7 Å². The number of fused-ring (bicyclic) bond motifs is 1. The molecule has 5 rings (SSSR count). The van der Waals surface area contributed by atoms with E-state index in [1.165, 1.54) is 4.90 Å². The number of carbonyl (C=O) groups excluding carboxylic acids is 2. The van der Waals surface area contributed by atoms with Crippen molar-refractivity contribution in [1.82, 2.24) is 5.32 Å². The van der Waals surface area contributed by atoms with Crippen LogP contribution in [0, 0.1) is 0 Å². The normalized spacial score (nSPS) is 14.9. The Bertz CT molecular complexity index is 1490. The second kappa shape index (κ2) is 10.1. The number of ether oxygens (including phenoxy) is 1. The highest BCUT2D eigenvalue weighted by Gasteiger charge is 2.34. The number of thiocarbonyl (C=S) groups is 1. The number of hydrogen-bond donors (Lipinski definition) is 1. The number of carbonyl (C=O) groups is 2. The average molecular weight is 493 g/mol. The minimum atomic E-state index is -0.499. The summed E-state index contributed by atoms with van der Waals surface area (Å²) < 4.78 is 5.85. The zero-order valence-electron chi connectivity index (χ0n) is 19.7. The van der Waals surface area contributed by atoms with Crippen LogP contribution in [-0.2, 0) is 16.0 Å². The summed E-state index contributed by atoms with van der Waals surface area (Å²) >= 11 is 5.36. The van der Waals surface area contributed by atoms with Gasteiger partial charge in [-0.1, -0.05) is 67.9 Å². The molecule has 0 unspecified atom stereocenters. The maximum absolute atomic E-state index is 13.5. The molecule has 0 saturated carbocycles. The van der Waals surface area contributed by atoms with Gasteiger partial charge in [0.15, 0.2) is 5.11 Å². The van der Waals surface area contributed by atoms with Gasteiger partial charge >= 0.3 is 0 Å². The Morgan fingerprint density at radius 3 is 2.31 bits per heavy atom. The van der Waals surface area contributed by atoms with Gasteiger partial charge in [0, 0.05) is 0 Å². The first kappa shape index (κ1) is 23.5. The lowest BCUT2D eigenvalue weighted by atomic mass is 9.94. The molecule has 5 nitrogen and oxygen atoms in total. The first-order valence-corrected chi connectivity index (χ1v) is 12.2. The highest BCUT2D eigenvalue weighted by atomic mass is 32.1. The lowest BCUT2D eigenvalue weighted by Gasteiger charge is -2.29. The fraction of sp³-hybridized carbons (Fsp3) is 0.100. The van der Waals surface area contributed by atoms with Crippen LogP contribution in [0.25, 0.3) is 16.8 Å². The summed E-state index contributed by atoms with van der Waals surface area (Å²) in [5.41, 5.74) is 2.56. The van der Waals surface area contributed by atoms with E-state index < -0.39 is 11.8 Å². The van der Waals surface area contributed by atoms with E-state index in [1.807, 2.05) is 54.6 Å². The summed E-state index contributed by atoms with van der Waals surface area (Å²) in [6.45, 7) is 2.11. The highest BCUT2D eigenvalue weighted by Crippen LogP contribution is 2.29. The van der Waals surface area contributed by atoms with Crippen molar-refractivity contribution in [3.8, 4) is 11.5 Å². The predicted octanol–water partition coefficient (Wildman–Crippen LogP) is 6.42. The third-order valence-corrected chi connectivity index (χ3v) is 6.34. The zero-order valence-corrected chi connectivity index (χ0v) is 20.5. The predicted molar refractivity (Wildman–Crippen MR) is 147 cm³/mol. The minimum Gasteiger partial charge on any atom is -0.457 e. The molecule has 178 valence electrons. The van der Waals surface area contributed by atoms with Crippen LogP contribution in [0.1, 0.15) is 24.5 Å². The van der Waals surface area contributed by atoms with E-state index in [0.29, 0.717) is 17.2 Å². The molecule has 1 fully saturated rings. The molecule has 1 N–H and O–H groups in total. The van der Waals surface area contributed by atoms with Gasteiger partial charge in [0.2, 0.25) is 0 Å². The molecule has 0 atom stereocenters. The molecule has 36 heavy (non-hydrogen) atoms. The number of para-hydroxylation sites is 1. The van der Waals surface area contributed by atoms with E-state index >= 15 is 0 Å². The van der Waals surface area contributed by atoms with Crippen LogP contribution < -0.4 is 15.0 Å². The maximum Gasteiger partial charge on any atom is 0.270 e. The Morgan fingerprint density at radius 1 is 0.861 bits per heavy atom. The molecule has 0 aliphatic carbocycles. The van der Waals surface area contributed by atoms with Crippen LogP contribution in [0.5, 0.6) is 11.5 Å². The molecule has 4 aromatic carbocycles. The molecule has 0 aromatic heterocycles. The van der Waals surface area contributed by atoms with Gasteiger partial charge in [-0.05, 0) is 83.0 Å². The monoisotopic (exact) mass is 492 g/mol. The Labute approximate surface area is 215 Å². The van der Waals surface area contributed by atoms with Gasteiger partial charge in [0.25, 0.3) is 11.8 Å². The number of amides is 2. The molecule has 1 aliphatic rings. The molecule has 0 bridgehead atoms. The smallest absolute Gasteiger partial charge is 0.270 e. The van der Waals surface area contributed by atoms with E-state index in [4.69, 9.17) is 17.0 Å². The van der Waals surface area contributed by atoms with Crippen LogP contribution in [0.15, 0.2) is 96.6 Å². The molecule has 1 aliphatic heterocycles. The van der Waals surface area contributed by atoms with E-state index in [9.17, 15) is 9.59 Å². The summed E-state index contributed by atoms with van der Waals surface area (Å²) in [6.07, 6.45) is 3.45. The molecule has 0 radical (unpaired) electrons. The highest BCUT2D eigenvalue weighted by molar-refractivity contribution is 7.80. The van der Waals surface area contributed by atoms with Gasteiger partial charge in [-0.3, -0.25) is 19.8 Å². The quantitative estimate of drug-likeness (QED) is 0.192. The first-order valence-electron chi connectivity index (χ1n) is 11.8. The van der Waals surface area contributed by atoms with Gasteiger partial charge in [0.1, 0.15) is 17.1 Å². The number of nitrogens with one attached hydrogen (secondary N) is 1. The van der Waals surface area contributed by atoms with E-state index in [2.05, 4.69) is 24.4 Å². The van der Waals surface area contributed by atoms with Crippen LogP contribution in [0.4, 0.5) is 5.69 Å². The van der Waals surface area contributed by atoms with Crippen LogP contribution in [0.3, 0.4) is 0 Å². The van der Waals surface area contributed by atoms with Crippen molar-refractivity contribution < 1.29 is 14.3 Å². The standard InChI is InChI=1S/C30H24N2O3S/c1-2-8-25-21(14-13-20-9-6-7-12-26(20)25)19-27-28(33)31-30(36)32(29(27)34)22-15-17-24(18-16-22)35-23-10-4-3-5-11-23/h3-7,9-19H,2,8H2,1H3,(H,31,33,36). The molecule has 6 heteroatoms. The molecule has 2 amide bonds. The van der Waals surface area contributed by atoms with Crippen molar-refractivity contribution >= 4 is 51.7 Å². The van der Waals surface area contributed by atoms with E-state index in [1.54, 1.807) is 30.3 Å². The van der Waals surface area contributed by atoms with Crippen molar-refractivity contribution in [1.29, 1.82) is 0 Å². The molecular weight excluding hydrogens is 468 g/mol. The van der Waals surface area contributed by atoms with Gasteiger partial charge < -0.3 is 4.74 Å². The lowest BCUT2D eigenvalue weighted by molar-refractivity contribution is -0.122. The first-order chi connectivity index (χ1) is 17.5. The van der Waals surface area contributed by atoms with E-state index in [-0.39, 0.29) is 10.7 Å². The SMILES string of the molecule is CCCc1c(C=C2C(=O)NC(=S)N(c3ccc(Oc4ccccc4)cc3)C2=O)ccc2ccccc12. The largest absolute Gasteiger partial charge is 0.457 e. The van der Waals surface area contributed by atoms with Gasteiger partial charge in [-0.15, -0.1) is 0 Å². The molecule has 1 heterocycles. The Balaban J connectivity index is 1.48. The summed E-state index contributed by atoms with van der Waals surface area (Å²) in [5, 5.41) is 4.97. The summed E-state index contributed by atoms with van der Waals surface area (Å²) in [4.78, 5) is 27.7. The van der Waals surface area contributed by atoms with Crippen LogP contribution in [0.2, 0.25) is 0 Å². The number of nitrogens with zero attached hydrogens (tertiary/aromatic N) is 1. The van der Waals surface area contributed by atoms with Crippen LogP contribution >= 0.6 is 12.2 Å². The fourth-order valence-corrected chi connectivity index (χ4v) is 4.63. The summed E-state index contributed by atoms with van der Waals surface area (Å²) in [7, 11) is 0. The second-order valence-electron chi connectivity index (χ2n) is 8.47. The number of anilines is 1. The third kappa shape index (κ3) is 4.63. The molecule has 1 saturated heterocycles. The molecule has 4 aromatic rings. The summed E-state index contributed by atoms with van der Waals surface area (Å²) in [5.74, 6) is 0.378. The van der Waals surface area contributed by atoms with Gasteiger partial charge in [-0.25, -0.2) is 0 Å². The lowest BCUT2D eigenvalue weighted by Crippen LogP contribution is -2.54. The minimum absolute atomic E-state index is 0.0425. The summed E-state index contributed by atoms with van der Waals surface area (Å²) in [6, 6.07) is 28.6. The Hall–Kier alpha value is -4.29. The number of benzene rings is 4. The van der Waals surface area contributed by atoms with Gasteiger partial charge in [-0.2, -0.15) is 0 Å². The average Bonchev–Trinajstić information content (AvgIpc) is 2.89. The maximum atomic E-state index is 13.5. The van der Waals surface area contributed by atoms with Gasteiger partial charge in [0.05, 0.1) is 5.69 Å². The third-order valence-electron chi connectivity index (χ3n) is 6.05. The number of aryl methyl sites for hydroxylation is 1. The van der Waals surface area contributed by atoms with Crippen molar-refractivity contribution in [3.05, 3.63) is 108 Å².